The van der Waals surface area contributed by atoms with Crippen molar-refractivity contribution in [1.29, 1.82) is 0 Å². The normalized spacial score (nSPS) is 18.2. The molecule has 0 unspecified atom stereocenters. The summed E-state index contributed by atoms with van der Waals surface area (Å²) in [6.07, 6.45) is 4.84. The number of nitrogens with zero attached hydrogens (tertiary/aromatic N) is 1. The standard InChI is InChI=1S/C21H28N2O2.ClH/c1-13-4-5-14(2)19-18(13)15(3)20(25-19)21(24)23-10-8-17(9-11-23)22-12-16-6-7-16;/h4-5,16-17,22H,6-12H2,1-3H3;1H. The Bertz CT molecular complexity index is 802. The number of fused-ring (bicyclic) bond motifs is 1. The minimum absolute atomic E-state index is 0. The lowest BCUT2D eigenvalue weighted by atomic mass is 10.0. The molecule has 0 atom stereocenters. The number of hydrogen-bond acceptors (Lipinski definition) is 3. The number of hydrogen-bond donors (Lipinski definition) is 1. The molecule has 26 heavy (non-hydrogen) atoms. The monoisotopic (exact) mass is 376 g/mol. The summed E-state index contributed by atoms with van der Waals surface area (Å²) >= 11 is 0. The van der Waals surface area contributed by atoms with Crippen LogP contribution in [0.4, 0.5) is 0 Å². The summed E-state index contributed by atoms with van der Waals surface area (Å²) in [6, 6.07) is 4.73. The Kier molecular flexibility index (Phi) is 5.64. The minimum Gasteiger partial charge on any atom is -0.450 e. The molecule has 4 rings (SSSR count). The second-order valence-electron chi connectivity index (χ2n) is 7.88. The SMILES string of the molecule is Cc1ccc(C)c2c(C)c(C(=O)N3CCC(NCC4CC4)CC3)oc12.Cl. The fourth-order valence-corrected chi connectivity index (χ4v) is 3.96. The predicted molar refractivity (Wildman–Crippen MR) is 107 cm³/mol. The Morgan fingerprint density at radius 1 is 1.12 bits per heavy atom. The van der Waals surface area contributed by atoms with Crippen LogP contribution in [0, 0.1) is 26.7 Å². The summed E-state index contributed by atoms with van der Waals surface area (Å²) in [7, 11) is 0. The summed E-state index contributed by atoms with van der Waals surface area (Å²) in [5.41, 5.74) is 4.10. The number of halogens is 1. The highest BCUT2D eigenvalue weighted by Crippen LogP contribution is 2.32. The van der Waals surface area contributed by atoms with Crippen LogP contribution < -0.4 is 5.32 Å². The number of nitrogens with one attached hydrogen (secondary N) is 1. The highest BCUT2D eigenvalue weighted by Gasteiger charge is 2.29. The number of carbonyl (C=O) groups is 1. The van der Waals surface area contributed by atoms with Crippen molar-refractivity contribution in [3.63, 3.8) is 0 Å². The van der Waals surface area contributed by atoms with Crippen molar-refractivity contribution < 1.29 is 9.21 Å². The van der Waals surface area contributed by atoms with Gasteiger partial charge in [0.2, 0.25) is 0 Å². The van der Waals surface area contributed by atoms with Crippen LogP contribution in [0.25, 0.3) is 11.0 Å². The second kappa shape index (κ2) is 7.61. The zero-order valence-corrected chi connectivity index (χ0v) is 16.7. The van der Waals surface area contributed by atoms with Gasteiger partial charge >= 0.3 is 0 Å². The van der Waals surface area contributed by atoms with Crippen molar-refractivity contribution in [3.8, 4) is 0 Å². The Morgan fingerprint density at radius 2 is 1.77 bits per heavy atom. The fraction of sp³-hybridized carbons (Fsp3) is 0.571. The maximum Gasteiger partial charge on any atom is 0.289 e. The highest BCUT2D eigenvalue weighted by molar-refractivity contribution is 6.00. The van der Waals surface area contributed by atoms with E-state index in [0.717, 1.165) is 60.5 Å². The topological polar surface area (TPSA) is 45.5 Å². The number of amides is 1. The lowest BCUT2D eigenvalue weighted by Crippen LogP contribution is -2.45. The van der Waals surface area contributed by atoms with Gasteiger partial charge in [0.25, 0.3) is 5.91 Å². The Hall–Kier alpha value is -1.52. The molecule has 1 aliphatic carbocycles. The molecule has 1 aromatic heterocycles. The van der Waals surface area contributed by atoms with Gasteiger partial charge in [-0.15, -0.1) is 12.4 Å². The van der Waals surface area contributed by atoms with E-state index in [0.29, 0.717) is 11.8 Å². The molecular weight excluding hydrogens is 348 g/mol. The van der Waals surface area contributed by atoms with Crippen molar-refractivity contribution in [2.45, 2.75) is 52.5 Å². The van der Waals surface area contributed by atoms with Gasteiger partial charge < -0.3 is 14.6 Å². The van der Waals surface area contributed by atoms with Gasteiger partial charge in [0.05, 0.1) is 0 Å². The molecule has 1 aliphatic heterocycles. The Balaban J connectivity index is 0.00000196. The first-order valence-electron chi connectivity index (χ1n) is 9.56. The van der Waals surface area contributed by atoms with E-state index < -0.39 is 0 Å². The third kappa shape index (κ3) is 3.63. The molecule has 2 fully saturated rings. The van der Waals surface area contributed by atoms with E-state index in [-0.39, 0.29) is 18.3 Å². The van der Waals surface area contributed by atoms with Crippen LogP contribution >= 0.6 is 12.4 Å². The van der Waals surface area contributed by atoms with Gasteiger partial charge in [0.15, 0.2) is 5.76 Å². The third-order valence-electron chi connectivity index (χ3n) is 5.85. The molecule has 2 aliphatic rings. The van der Waals surface area contributed by atoms with Gasteiger partial charge in [-0.25, -0.2) is 0 Å². The van der Waals surface area contributed by atoms with Crippen molar-refractivity contribution >= 4 is 29.3 Å². The molecule has 1 saturated heterocycles. The molecule has 0 radical (unpaired) electrons. The third-order valence-corrected chi connectivity index (χ3v) is 5.85. The average molecular weight is 377 g/mol. The van der Waals surface area contributed by atoms with Crippen LogP contribution in [-0.4, -0.2) is 36.5 Å². The Labute approximate surface area is 161 Å². The Morgan fingerprint density at radius 3 is 2.38 bits per heavy atom. The van der Waals surface area contributed by atoms with Crippen molar-refractivity contribution in [2.24, 2.45) is 5.92 Å². The molecule has 1 N–H and O–H groups in total. The lowest BCUT2D eigenvalue weighted by Gasteiger charge is -2.32. The van der Waals surface area contributed by atoms with Crippen LogP contribution in [0.2, 0.25) is 0 Å². The summed E-state index contributed by atoms with van der Waals surface area (Å²) in [6.45, 7) is 8.91. The lowest BCUT2D eigenvalue weighted by molar-refractivity contribution is 0.0674. The maximum absolute atomic E-state index is 13.0. The summed E-state index contributed by atoms with van der Waals surface area (Å²) in [5.74, 6) is 1.48. The van der Waals surface area contributed by atoms with E-state index in [1.807, 2.05) is 18.7 Å². The number of rotatable bonds is 4. The first-order valence-corrected chi connectivity index (χ1v) is 9.56. The molecule has 1 saturated carbocycles. The molecule has 4 nitrogen and oxygen atoms in total. The van der Waals surface area contributed by atoms with Gasteiger partial charge in [-0.1, -0.05) is 12.1 Å². The van der Waals surface area contributed by atoms with Crippen LogP contribution in [0.1, 0.15) is 52.9 Å². The number of likely N-dealkylation sites (tertiary alicyclic amines) is 1. The largest absolute Gasteiger partial charge is 0.450 e. The molecule has 2 heterocycles. The predicted octanol–water partition coefficient (Wildman–Crippen LogP) is 4.38. The van der Waals surface area contributed by atoms with Crippen LogP contribution in [0.3, 0.4) is 0 Å². The zero-order chi connectivity index (χ0) is 17.6. The maximum atomic E-state index is 13.0. The molecule has 1 aromatic carbocycles. The zero-order valence-electron chi connectivity index (χ0n) is 15.9. The quantitative estimate of drug-likeness (QED) is 0.861. The van der Waals surface area contributed by atoms with Crippen LogP contribution in [0.5, 0.6) is 0 Å². The molecule has 142 valence electrons. The van der Waals surface area contributed by atoms with Crippen molar-refractivity contribution in [1.82, 2.24) is 10.2 Å². The van der Waals surface area contributed by atoms with E-state index in [1.165, 1.54) is 18.4 Å². The van der Waals surface area contributed by atoms with E-state index in [2.05, 4.69) is 24.4 Å². The number of aryl methyl sites for hydroxylation is 3. The number of piperidine rings is 1. The summed E-state index contributed by atoms with van der Waals surface area (Å²) < 4.78 is 6.03. The van der Waals surface area contributed by atoms with Crippen LogP contribution in [-0.2, 0) is 0 Å². The van der Waals surface area contributed by atoms with Gasteiger partial charge in [-0.2, -0.15) is 0 Å². The van der Waals surface area contributed by atoms with Gasteiger partial charge in [0, 0.05) is 30.1 Å². The summed E-state index contributed by atoms with van der Waals surface area (Å²) in [5, 5.41) is 4.77. The first-order chi connectivity index (χ1) is 12.0. The molecule has 1 amide bonds. The van der Waals surface area contributed by atoms with E-state index in [1.54, 1.807) is 0 Å². The highest BCUT2D eigenvalue weighted by atomic mass is 35.5. The summed E-state index contributed by atoms with van der Waals surface area (Å²) in [4.78, 5) is 15.0. The molecule has 0 bridgehead atoms. The van der Waals surface area contributed by atoms with E-state index in [9.17, 15) is 4.79 Å². The number of benzene rings is 1. The van der Waals surface area contributed by atoms with Crippen LogP contribution in [0.15, 0.2) is 16.5 Å². The molecular formula is C21H29ClN2O2. The fourth-order valence-electron chi connectivity index (χ4n) is 3.96. The van der Waals surface area contributed by atoms with E-state index >= 15 is 0 Å². The van der Waals surface area contributed by atoms with Gasteiger partial charge in [0.1, 0.15) is 5.58 Å². The number of furan rings is 1. The molecule has 5 heteroatoms. The minimum atomic E-state index is 0. The molecule has 0 spiro atoms. The van der Waals surface area contributed by atoms with Crippen molar-refractivity contribution in [2.75, 3.05) is 19.6 Å². The van der Waals surface area contributed by atoms with E-state index in [4.69, 9.17) is 4.42 Å². The van der Waals surface area contributed by atoms with Gasteiger partial charge in [-0.3, -0.25) is 4.79 Å². The van der Waals surface area contributed by atoms with Crippen molar-refractivity contribution in [3.05, 3.63) is 34.6 Å². The smallest absolute Gasteiger partial charge is 0.289 e. The number of carbonyl (C=O) groups excluding carboxylic acids is 1. The first kappa shape index (κ1) is 19.2. The molecule has 2 aromatic rings. The van der Waals surface area contributed by atoms with Gasteiger partial charge in [-0.05, 0) is 70.0 Å². The average Bonchev–Trinajstić information content (AvgIpc) is 3.38. The second-order valence-corrected chi connectivity index (χ2v) is 7.88.